The molecule has 0 fully saturated rings. The topological polar surface area (TPSA) is 69.2 Å². The van der Waals surface area contributed by atoms with Crippen LogP contribution in [0, 0.1) is 0 Å². The van der Waals surface area contributed by atoms with Gasteiger partial charge in [-0.1, -0.05) is 0 Å². The third-order valence-corrected chi connectivity index (χ3v) is 0. The molecule has 0 saturated heterocycles. The van der Waals surface area contributed by atoms with Crippen LogP contribution in [0.2, 0.25) is 0 Å². The van der Waals surface area contributed by atoms with E-state index < -0.39 is 20.8 Å². The summed E-state index contributed by atoms with van der Waals surface area (Å²) in [5.41, 5.74) is 0. The second kappa shape index (κ2) is 6.24. The summed E-state index contributed by atoms with van der Waals surface area (Å²) in [6, 6.07) is 0. The van der Waals surface area contributed by atoms with E-state index in [1.54, 1.807) is 0 Å². The van der Waals surface area contributed by atoms with Crippen molar-refractivity contribution in [3.63, 3.8) is 0 Å². The molecular weight excluding hydrogens is 313 g/mol. The van der Waals surface area contributed by atoms with Gasteiger partial charge >= 0.3 is 80.1 Å². The van der Waals surface area contributed by atoms with Gasteiger partial charge in [-0.2, -0.15) is 0 Å². The molecule has 0 aromatic rings. The summed E-state index contributed by atoms with van der Waals surface area (Å²) in [7, 11) is 0. The molecule has 5 heteroatoms. The molecule has 0 heterocycles. The van der Waals surface area contributed by atoms with Crippen molar-refractivity contribution in [2.75, 3.05) is 0 Å². The Morgan fingerprint density at radius 2 is 1.00 bits per heavy atom. The van der Waals surface area contributed by atoms with Gasteiger partial charge in [0.15, 0.2) is 0 Å². The van der Waals surface area contributed by atoms with Gasteiger partial charge in [0.05, 0.1) is 0 Å². The summed E-state index contributed by atoms with van der Waals surface area (Å²) in [6.07, 6.45) is 0. The van der Waals surface area contributed by atoms with Crippen molar-refractivity contribution >= 4 is 69.7 Å². The van der Waals surface area contributed by atoms with Gasteiger partial charge in [-0.05, 0) is 0 Å². The predicted molar refractivity (Wildman–Crippen MR) is 11.5 cm³/mol. The third-order valence-electron chi connectivity index (χ3n) is 0. The van der Waals surface area contributed by atoms with Gasteiger partial charge in [-0.25, -0.2) is 0 Å². The zero-order valence-corrected chi connectivity index (χ0v) is 9.11. The predicted octanol–water partition coefficient (Wildman–Crippen LogP) is -4.33. The summed E-state index contributed by atoms with van der Waals surface area (Å²) in [5.74, 6) is 0. The fourth-order valence-corrected chi connectivity index (χ4v) is 0. The molecule has 0 bridgehead atoms. The minimum absolute atomic E-state index is 0. The van der Waals surface area contributed by atoms with Crippen LogP contribution in [0.15, 0.2) is 0 Å². The average Bonchev–Trinajstić information content (AvgIpc) is 0.811. The molecule has 0 N–H and O–H groups in total. The maximum absolute atomic E-state index is 8.59. The van der Waals surface area contributed by atoms with Crippen molar-refractivity contribution in [3.05, 3.63) is 0 Å². The molecular formula is BaO3Te. The van der Waals surface area contributed by atoms with Crippen LogP contribution >= 0.6 is 0 Å². The molecule has 0 spiro atoms. The van der Waals surface area contributed by atoms with Crippen molar-refractivity contribution < 1.29 is 10.4 Å². The summed E-state index contributed by atoms with van der Waals surface area (Å²) in [5, 5.41) is 0. The van der Waals surface area contributed by atoms with Crippen LogP contribution < -0.4 is 10.4 Å². The fourth-order valence-electron chi connectivity index (χ4n) is 0. The zero-order valence-electron chi connectivity index (χ0n) is 2.34. The minimum atomic E-state index is -4.11. The van der Waals surface area contributed by atoms with E-state index >= 15 is 0 Å². The molecule has 3 nitrogen and oxygen atoms in total. The van der Waals surface area contributed by atoms with Gasteiger partial charge in [0.1, 0.15) is 0 Å². The van der Waals surface area contributed by atoms with Crippen molar-refractivity contribution in [2.24, 2.45) is 0 Å². The molecule has 0 aliphatic rings. The van der Waals surface area contributed by atoms with E-state index in [0.29, 0.717) is 0 Å². The van der Waals surface area contributed by atoms with Crippen molar-refractivity contribution in [1.82, 2.24) is 0 Å². The standard InChI is InChI=1S/Ba.H2O3Te/c;1-4(2)3/h;(H2,1,2,3)/q+2;/p-2. The first-order valence-electron chi connectivity index (χ1n) is 0.500. The summed E-state index contributed by atoms with van der Waals surface area (Å²) in [6.45, 7) is 0. The molecule has 0 aromatic carbocycles. The summed E-state index contributed by atoms with van der Waals surface area (Å²) < 4.78 is 25.8. The van der Waals surface area contributed by atoms with E-state index in [2.05, 4.69) is 0 Å². The first-order valence-corrected chi connectivity index (χ1v) is 3.35. The van der Waals surface area contributed by atoms with Gasteiger partial charge in [0, 0.05) is 0 Å². The zero-order chi connectivity index (χ0) is 3.58. The number of hydrogen-bond acceptors (Lipinski definition) is 3. The molecule has 0 amide bonds. The summed E-state index contributed by atoms with van der Waals surface area (Å²) >= 11 is -4.11. The van der Waals surface area contributed by atoms with Crippen LogP contribution in [0.5, 0.6) is 0 Å². The second-order valence-corrected chi connectivity index (χ2v) is 1.37. The van der Waals surface area contributed by atoms with Crippen molar-refractivity contribution in [2.45, 2.75) is 0 Å². The molecule has 0 saturated carbocycles. The van der Waals surface area contributed by atoms with Gasteiger partial charge in [0.2, 0.25) is 0 Å². The monoisotopic (exact) mass is 316 g/mol. The Balaban J connectivity index is 0. The van der Waals surface area contributed by atoms with Crippen LogP contribution in [0.3, 0.4) is 0 Å². The van der Waals surface area contributed by atoms with Gasteiger partial charge < -0.3 is 0 Å². The van der Waals surface area contributed by atoms with Gasteiger partial charge in [-0.3, -0.25) is 0 Å². The summed E-state index contributed by atoms with van der Waals surface area (Å²) in [4.78, 5) is 0. The normalized spacial score (nSPS) is 7.20. The maximum atomic E-state index is 8.59. The first kappa shape index (κ1) is 10.3. The Morgan fingerprint density at radius 1 is 1.00 bits per heavy atom. The van der Waals surface area contributed by atoms with E-state index in [1.165, 1.54) is 0 Å². The fraction of sp³-hybridized carbons (Fsp3) is 0. The Morgan fingerprint density at radius 3 is 1.00 bits per heavy atom. The Labute approximate surface area is 78.3 Å². The average molecular weight is 313 g/mol. The van der Waals surface area contributed by atoms with E-state index in [9.17, 15) is 0 Å². The second-order valence-electron chi connectivity index (χ2n) is 0.204. The van der Waals surface area contributed by atoms with Crippen LogP contribution in [0.25, 0.3) is 0 Å². The van der Waals surface area contributed by atoms with Crippen molar-refractivity contribution in [1.29, 1.82) is 0 Å². The molecule has 0 aromatic heterocycles. The molecule has 0 unspecified atom stereocenters. The number of rotatable bonds is 0. The Hall–Kier alpha value is 2.24. The molecule has 0 aliphatic heterocycles. The number of hydrogen-bond donors (Lipinski definition) is 0. The van der Waals surface area contributed by atoms with Gasteiger partial charge in [0.25, 0.3) is 0 Å². The molecule has 0 rings (SSSR count). The third kappa shape index (κ3) is 22.4. The van der Waals surface area contributed by atoms with E-state index in [1.807, 2.05) is 0 Å². The molecule has 0 aliphatic carbocycles. The van der Waals surface area contributed by atoms with Crippen LogP contribution in [-0.4, -0.2) is 69.7 Å². The first-order chi connectivity index (χ1) is 1.73. The quantitative estimate of drug-likeness (QED) is 0.425. The van der Waals surface area contributed by atoms with Gasteiger partial charge in [-0.15, -0.1) is 0 Å². The Kier molecular flexibility index (Phi) is 12.8. The Bertz CT molecular complexity index is 11.6. The van der Waals surface area contributed by atoms with E-state index in [0.717, 1.165) is 0 Å². The molecule has 0 radical (unpaired) electrons. The molecule has 0 atom stereocenters. The SMILES string of the molecule is [Ba+2].[O-][Te+]([O-])[O-]. The van der Waals surface area contributed by atoms with Crippen LogP contribution in [-0.2, 0) is 0 Å². The van der Waals surface area contributed by atoms with Crippen molar-refractivity contribution in [3.8, 4) is 0 Å². The van der Waals surface area contributed by atoms with Crippen LogP contribution in [0.4, 0.5) is 0 Å². The molecule has 5 heavy (non-hydrogen) atoms. The van der Waals surface area contributed by atoms with E-state index in [4.69, 9.17) is 10.4 Å². The van der Waals surface area contributed by atoms with Crippen LogP contribution in [0.1, 0.15) is 0 Å². The molecule has 26 valence electrons. The van der Waals surface area contributed by atoms with E-state index in [-0.39, 0.29) is 48.9 Å².